The van der Waals surface area contributed by atoms with Crippen molar-refractivity contribution < 1.29 is 0 Å². The van der Waals surface area contributed by atoms with Crippen LogP contribution in [0.25, 0.3) is 0 Å². The number of halogens is 1. The van der Waals surface area contributed by atoms with Crippen molar-refractivity contribution in [2.75, 3.05) is 5.73 Å². The Morgan fingerprint density at radius 1 is 1.56 bits per heavy atom. The molecule has 1 aromatic rings. The van der Waals surface area contributed by atoms with Crippen molar-refractivity contribution in [3.63, 3.8) is 0 Å². The number of nitrogens with two attached hydrogens (primary N) is 1. The predicted octanol–water partition coefficient (Wildman–Crippen LogP) is 1.73. The molecule has 3 heteroatoms. The van der Waals surface area contributed by atoms with Gasteiger partial charge in [-0.3, -0.25) is 0 Å². The lowest BCUT2D eigenvalue weighted by molar-refractivity contribution is 1.25. The third-order valence-electron chi connectivity index (χ3n) is 0.958. The largest absolute Gasteiger partial charge is 0.384 e. The highest BCUT2D eigenvalue weighted by Crippen LogP contribution is 2.10. The summed E-state index contributed by atoms with van der Waals surface area (Å²) in [7, 11) is 0. The summed E-state index contributed by atoms with van der Waals surface area (Å²) < 4.78 is 0.792. The Morgan fingerprint density at radius 3 is 2.67 bits per heavy atom. The van der Waals surface area contributed by atoms with E-state index in [0.717, 1.165) is 10.2 Å². The summed E-state index contributed by atoms with van der Waals surface area (Å²) in [6, 6.07) is 3.74. The van der Waals surface area contributed by atoms with Crippen molar-refractivity contribution >= 4 is 21.7 Å². The van der Waals surface area contributed by atoms with E-state index in [9.17, 15) is 0 Å². The number of hydrogen-bond acceptors (Lipinski definition) is 2. The third-order valence-corrected chi connectivity index (χ3v) is 1.36. The van der Waals surface area contributed by atoms with E-state index in [1.165, 1.54) is 0 Å². The number of nitrogens with zero attached hydrogens (tertiary/aromatic N) is 1. The number of aryl methyl sites for hydroxylation is 1. The van der Waals surface area contributed by atoms with Crippen LogP contribution in [0.2, 0.25) is 0 Å². The number of hydrogen-bond donors (Lipinski definition) is 1. The van der Waals surface area contributed by atoms with Gasteiger partial charge in [0.05, 0.1) is 0 Å². The molecule has 0 fully saturated rings. The monoisotopic (exact) mass is 186 g/mol. The smallest absolute Gasteiger partial charge is 0.124 e. The molecule has 0 aliphatic rings. The number of nitrogen functional groups attached to an aromatic ring is 1. The fourth-order valence-electron chi connectivity index (χ4n) is 0.651. The Balaban J connectivity index is 3.17. The van der Waals surface area contributed by atoms with Crippen molar-refractivity contribution in [2.24, 2.45) is 0 Å². The van der Waals surface area contributed by atoms with Crippen LogP contribution in [0.4, 0.5) is 5.82 Å². The van der Waals surface area contributed by atoms with Gasteiger partial charge in [-0.2, -0.15) is 0 Å². The number of pyridine rings is 1. The molecule has 1 aromatic heterocycles. The first-order valence-electron chi connectivity index (χ1n) is 2.58. The van der Waals surface area contributed by atoms with Crippen molar-refractivity contribution in [1.29, 1.82) is 0 Å². The summed E-state index contributed by atoms with van der Waals surface area (Å²) in [4.78, 5) is 3.93. The first-order chi connectivity index (χ1) is 4.18. The normalized spacial score (nSPS) is 9.56. The minimum Gasteiger partial charge on any atom is -0.384 e. The maximum absolute atomic E-state index is 5.42. The highest BCUT2D eigenvalue weighted by atomic mass is 79.9. The maximum atomic E-state index is 5.42. The molecule has 0 aromatic carbocycles. The first kappa shape index (κ1) is 6.55. The summed E-state index contributed by atoms with van der Waals surface area (Å²) in [5.41, 5.74) is 6.54. The fourth-order valence-corrected chi connectivity index (χ4v) is 1.22. The van der Waals surface area contributed by atoms with Gasteiger partial charge < -0.3 is 5.73 Å². The van der Waals surface area contributed by atoms with Crippen LogP contribution in [-0.4, -0.2) is 4.98 Å². The lowest BCUT2D eigenvalue weighted by atomic mass is 10.3. The van der Waals surface area contributed by atoms with Crippen LogP contribution >= 0.6 is 15.9 Å². The minimum absolute atomic E-state index is 0.557. The molecule has 0 aliphatic heterocycles. The van der Waals surface area contributed by atoms with Gasteiger partial charge in [0, 0.05) is 0 Å². The number of aromatic nitrogens is 1. The van der Waals surface area contributed by atoms with Crippen LogP contribution in [-0.2, 0) is 0 Å². The molecule has 0 unspecified atom stereocenters. The first-order valence-corrected chi connectivity index (χ1v) is 3.37. The van der Waals surface area contributed by atoms with Gasteiger partial charge in [0.2, 0.25) is 0 Å². The molecule has 0 spiro atoms. The standard InChI is InChI=1S/C6H7BrN2/c1-4-2-5(7)9-6(8)3-4/h2-3H,1H3,(H2,8,9). The van der Waals surface area contributed by atoms with Crippen molar-refractivity contribution in [2.45, 2.75) is 6.92 Å². The molecule has 9 heavy (non-hydrogen) atoms. The molecule has 0 radical (unpaired) electrons. The lowest BCUT2D eigenvalue weighted by Crippen LogP contribution is -1.90. The Hall–Kier alpha value is -0.570. The number of anilines is 1. The zero-order valence-electron chi connectivity index (χ0n) is 5.06. The van der Waals surface area contributed by atoms with Gasteiger partial charge in [0.15, 0.2) is 0 Å². The molecule has 0 atom stereocenters. The van der Waals surface area contributed by atoms with E-state index in [0.29, 0.717) is 5.82 Å². The van der Waals surface area contributed by atoms with E-state index in [4.69, 9.17) is 5.73 Å². The van der Waals surface area contributed by atoms with Gasteiger partial charge in [-0.15, -0.1) is 0 Å². The number of rotatable bonds is 0. The van der Waals surface area contributed by atoms with E-state index in [2.05, 4.69) is 20.9 Å². The highest BCUT2D eigenvalue weighted by Gasteiger charge is 1.90. The summed E-state index contributed by atoms with van der Waals surface area (Å²) >= 11 is 3.22. The van der Waals surface area contributed by atoms with Crippen molar-refractivity contribution in [3.05, 3.63) is 22.3 Å². The second kappa shape index (κ2) is 2.35. The molecule has 0 saturated heterocycles. The van der Waals surface area contributed by atoms with E-state index in [1.807, 2.05) is 19.1 Å². The van der Waals surface area contributed by atoms with Crippen LogP contribution in [0.15, 0.2) is 16.7 Å². The van der Waals surface area contributed by atoms with Crippen LogP contribution in [0, 0.1) is 6.92 Å². The molecule has 1 rings (SSSR count). The Bertz CT molecular complexity index is 172. The maximum Gasteiger partial charge on any atom is 0.124 e. The SMILES string of the molecule is Cc1cc(N)nc(Br)c1. The van der Waals surface area contributed by atoms with E-state index in [1.54, 1.807) is 0 Å². The predicted molar refractivity (Wildman–Crippen MR) is 41.1 cm³/mol. The topological polar surface area (TPSA) is 38.9 Å². The molecule has 2 N–H and O–H groups in total. The van der Waals surface area contributed by atoms with Gasteiger partial charge in [0.25, 0.3) is 0 Å². The fraction of sp³-hybridized carbons (Fsp3) is 0.167. The average molecular weight is 187 g/mol. The second-order valence-corrected chi connectivity index (χ2v) is 2.70. The summed E-state index contributed by atoms with van der Waals surface area (Å²) in [6.45, 7) is 1.98. The van der Waals surface area contributed by atoms with E-state index in [-0.39, 0.29) is 0 Å². The Kier molecular flexibility index (Phi) is 1.71. The quantitative estimate of drug-likeness (QED) is 0.628. The molecule has 2 nitrogen and oxygen atoms in total. The average Bonchev–Trinajstić information content (AvgIpc) is 1.59. The molecule has 48 valence electrons. The molecule has 0 saturated carbocycles. The summed E-state index contributed by atoms with van der Waals surface area (Å²) in [5.74, 6) is 0.557. The summed E-state index contributed by atoms with van der Waals surface area (Å²) in [5, 5.41) is 0. The van der Waals surface area contributed by atoms with E-state index >= 15 is 0 Å². The van der Waals surface area contributed by atoms with Gasteiger partial charge >= 0.3 is 0 Å². The molecule has 1 heterocycles. The van der Waals surface area contributed by atoms with Gasteiger partial charge in [-0.1, -0.05) is 0 Å². The Morgan fingerprint density at radius 2 is 2.22 bits per heavy atom. The molecule has 0 bridgehead atoms. The van der Waals surface area contributed by atoms with Gasteiger partial charge in [0.1, 0.15) is 10.4 Å². The van der Waals surface area contributed by atoms with Crippen molar-refractivity contribution in [1.82, 2.24) is 4.98 Å². The van der Waals surface area contributed by atoms with Crippen LogP contribution in [0.5, 0.6) is 0 Å². The second-order valence-electron chi connectivity index (χ2n) is 1.89. The lowest BCUT2D eigenvalue weighted by Gasteiger charge is -1.94. The molecule has 0 amide bonds. The minimum atomic E-state index is 0.557. The Labute approximate surface area is 62.2 Å². The van der Waals surface area contributed by atoms with Gasteiger partial charge in [-0.05, 0) is 40.5 Å². The third kappa shape index (κ3) is 1.68. The van der Waals surface area contributed by atoms with Crippen LogP contribution < -0.4 is 5.73 Å². The van der Waals surface area contributed by atoms with Crippen molar-refractivity contribution in [3.8, 4) is 0 Å². The van der Waals surface area contributed by atoms with Gasteiger partial charge in [-0.25, -0.2) is 4.98 Å². The summed E-state index contributed by atoms with van der Waals surface area (Å²) in [6.07, 6.45) is 0. The van der Waals surface area contributed by atoms with Crippen LogP contribution in [0.1, 0.15) is 5.56 Å². The molecular formula is C6H7BrN2. The van der Waals surface area contributed by atoms with Crippen LogP contribution in [0.3, 0.4) is 0 Å². The molecular weight excluding hydrogens is 180 g/mol. The highest BCUT2D eigenvalue weighted by molar-refractivity contribution is 9.10. The molecule has 0 aliphatic carbocycles. The zero-order valence-corrected chi connectivity index (χ0v) is 6.64. The zero-order chi connectivity index (χ0) is 6.85. The van der Waals surface area contributed by atoms with E-state index < -0.39 is 0 Å².